The van der Waals surface area contributed by atoms with Crippen molar-refractivity contribution < 1.29 is 0 Å². The Hall–Kier alpha value is -3.48. The topological polar surface area (TPSA) is 77.6 Å². The predicted octanol–water partition coefficient (Wildman–Crippen LogP) is 5.11. The maximum absolute atomic E-state index is 12.8. The molecule has 0 unspecified atom stereocenters. The van der Waals surface area contributed by atoms with Crippen molar-refractivity contribution in [2.45, 2.75) is 45.6 Å². The van der Waals surface area contributed by atoms with Gasteiger partial charge in [-0.2, -0.15) is 10.1 Å². The van der Waals surface area contributed by atoms with Crippen LogP contribution in [-0.2, 0) is 0 Å². The molecule has 3 aromatic heterocycles. The molecule has 1 N–H and O–H groups in total. The molecule has 4 aromatic rings. The third-order valence-corrected chi connectivity index (χ3v) is 6.61. The molecule has 0 saturated heterocycles. The summed E-state index contributed by atoms with van der Waals surface area (Å²) in [6.45, 7) is 4.59. The first-order chi connectivity index (χ1) is 15.6. The number of aromatic nitrogens is 5. The van der Waals surface area contributed by atoms with Crippen molar-refractivity contribution in [1.82, 2.24) is 24.3 Å². The average molecular weight is 429 g/mol. The van der Waals surface area contributed by atoms with E-state index in [1.807, 2.05) is 51.8 Å². The van der Waals surface area contributed by atoms with Gasteiger partial charge in [0.2, 0.25) is 5.95 Å². The minimum atomic E-state index is 0.0127. The van der Waals surface area contributed by atoms with E-state index < -0.39 is 0 Å². The van der Waals surface area contributed by atoms with Crippen LogP contribution in [0.2, 0.25) is 0 Å². The van der Waals surface area contributed by atoms with Crippen LogP contribution < -0.4 is 10.9 Å². The number of benzene rings is 1. The van der Waals surface area contributed by atoms with Crippen LogP contribution in [0.4, 0.5) is 11.6 Å². The molecule has 0 spiro atoms. The van der Waals surface area contributed by atoms with E-state index in [0.717, 1.165) is 48.4 Å². The van der Waals surface area contributed by atoms with Crippen molar-refractivity contribution in [3.8, 4) is 5.69 Å². The lowest BCUT2D eigenvalue weighted by Gasteiger charge is -2.32. The highest BCUT2D eigenvalue weighted by atomic mass is 16.1. The highest BCUT2D eigenvalue weighted by Crippen LogP contribution is 2.36. The van der Waals surface area contributed by atoms with Crippen molar-refractivity contribution in [2.75, 3.05) is 5.32 Å². The summed E-state index contributed by atoms with van der Waals surface area (Å²) in [6, 6.07) is 13.4. The third kappa shape index (κ3) is 4.02. The molecule has 0 atom stereocenters. The molecule has 32 heavy (non-hydrogen) atoms. The van der Waals surface area contributed by atoms with Gasteiger partial charge in [-0.15, -0.1) is 0 Å². The number of nitrogens with one attached hydrogen (secondary N) is 1. The van der Waals surface area contributed by atoms with Crippen LogP contribution >= 0.6 is 0 Å². The molecule has 3 heterocycles. The number of rotatable bonds is 5. The Labute approximate surface area is 187 Å². The lowest BCUT2D eigenvalue weighted by molar-refractivity contribution is 0.226. The van der Waals surface area contributed by atoms with E-state index in [9.17, 15) is 4.79 Å². The zero-order valence-electron chi connectivity index (χ0n) is 18.5. The van der Waals surface area contributed by atoms with Gasteiger partial charge in [0, 0.05) is 41.8 Å². The number of fused-ring (bicyclic) bond motifs is 1. The van der Waals surface area contributed by atoms with Crippen LogP contribution in [0.5, 0.6) is 0 Å². The van der Waals surface area contributed by atoms with Crippen molar-refractivity contribution in [1.29, 1.82) is 0 Å². The van der Waals surface area contributed by atoms with E-state index in [2.05, 4.69) is 29.2 Å². The molecule has 0 bridgehead atoms. The Morgan fingerprint density at radius 2 is 1.81 bits per heavy atom. The first kappa shape index (κ1) is 20.4. The molecular weight excluding hydrogens is 400 g/mol. The smallest absolute Gasteiger partial charge is 0.252 e. The van der Waals surface area contributed by atoms with Gasteiger partial charge in [-0.1, -0.05) is 13.8 Å². The fraction of sp³-hybridized carbons (Fsp3) is 0.360. The summed E-state index contributed by atoms with van der Waals surface area (Å²) in [4.78, 5) is 22.1. The van der Waals surface area contributed by atoms with Crippen molar-refractivity contribution in [2.24, 2.45) is 11.8 Å². The number of hydrogen-bond acceptors (Lipinski definition) is 5. The van der Waals surface area contributed by atoms with Gasteiger partial charge in [-0.05, 0) is 73.9 Å². The zero-order valence-corrected chi connectivity index (χ0v) is 18.5. The van der Waals surface area contributed by atoms with E-state index in [-0.39, 0.29) is 11.6 Å². The van der Waals surface area contributed by atoms with E-state index in [1.54, 1.807) is 18.5 Å². The monoisotopic (exact) mass is 428 g/mol. The number of hydrogen-bond donors (Lipinski definition) is 1. The van der Waals surface area contributed by atoms with Crippen LogP contribution in [-0.4, -0.2) is 24.3 Å². The van der Waals surface area contributed by atoms with Crippen LogP contribution in [0.15, 0.2) is 65.8 Å². The van der Waals surface area contributed by atoms with Gasteiger partial charge in [-0.3, -0.25) is 9.36 Å². The van der Waals surface area contributed by atoms with Crippen molar-refractivity contribution in [3.63, 3.8) is 0 Å². The molecule has 0 aliphatic heterocycles. The molecule has 1 aromatic carbocycles. The minimum absolute atomic E-state index is 0.0127. The molecular formula is C25H28N6O. The van der Waals surface area contributed by atoms with E-state index in [1.165, 1.54) is 0 Å². The quantitative estimate of drug-likeness (QED) is 0.478. The second-order valence-corrected chi connectivity index (χ2v) is 8.95. The van der Waals surface area contributed by atoms with Gasteiger partial charge in [-0.25, -0.2) is 9.67 Å². The normalized spacial score (nSPS) is 18.8. The first-order valence-electron chi connectivity index (χ1n) is 11.3. The molecule has 1 saturated carbocycles. The lowest BCUT2D eigenvalue weighted by atomic mass is 9.79. The molecule has 7 heteroatoms. The van der Waals surface area contributed by atoms with E-state index in [0.29, 0.717) is 17.5 Å². The number of nitrogens with zero attached hydrogens (tertiary/aromatic N) is 5. The summed E-state index contributed by atoms with van der Waals surface area (Å²) in [6.07, 6.45) is 9.80. The van der Waals surface area contributed by atoms with Crippen molar-refractivity contribution in [3.05, 3.63) is 71.4 Å². The average Bonchev–Trinajstić information content (AvgIpc) is 3.35. The summed E-state index contributed by atoms with van der Waals surface area (Å²) in [5.41, 5.74) is 2.57. The summed E-state index contributed by atoms with van der Waals surface area (Å²) in [5, 5.41) is 8.41. The van der Waals surface area contributed by atoms with Gasteiger partial charge >= 0.3 is 0 Å². The van der Waals surface area contributed by atoms with Gasteiger partial charge in [0.05, 0.1) is 5.69 Å². The number of anilines is 2. The summed E-state index contributed by atoms with van der Waals surface area (Å²) >= 11 is 0. The molecule has 1 aliphatic rings. The highest BCUT2D eigenvalue weighted by molar-refractivity contribution is 5.75. The molecule has 5 rings (SSSR count). The van der Waals surface area contributed by atoms with Crippen LogP contribution in [0.1, 0.15) is 45.6 Å². The standard InChI is InChI=1S/C25H28N6O/c1-17(2)18-4-9-22(10-5-18)31-23(32)13-6-19-16-26-25(29-24(19)31)28-20-7-11-21(12-8-20)30-15-3-14-27-30/h3,6-8,11-18,22H,4-5,9-10H2,1-2H3,(H,26,28,29). The highest BCUT2D eigenvalue weighted by Gasteiger charge is 2.26. The Bertz CT molecular complexity index is 1250. The second-order valence-electron chi connectivity index (χ2n) is 8.95. The Morgan fingerprint density at radius 3 is 2.50 bits per heavy atom. The maximum Gasteiger partial charge on any atom is 0.252 e. The van der Waals surface area contributed by atoms with Crippen LogP contribution in [0.3, 0.4) is 0 Å². The second kappa shape index (κ2) is 8.57. The Balaban J connectivity index is 1.42. The molecule has 0 amide bonds. The predicted molar refractivity (Wildman–Crippen MR) is 126 cm³/mol. The van der Waals surface area contributed by atoms with Crippen LogP contribution in [0, 0.1) is 11.8 Å². The van der Waals surface area contributed by atoms with E-state index in [4.69, 9.17) is 4.98 Å². The SMILES string of the molecule is CC(C)C1CCC(n2c(=O)ccc3cnc(Nc4ccc(-n5cccn5)cc4)nc32)CC1. The van der Waals surface area contributed by atoms with Crippen molar-refractivity contribution >= 4 is 22.7 Å². The fourth-order valence-electron chi connectivity index (χ4n) is 4.73. The molecule has 0 radical (unpaired) electrons. The Kier molecular flexibility index (Phi) is 5.47. The zero-order chi connectivity index (χ0) is 22.1. The van der Waals surface area contributed by atoms with Crippen LogP contribution in [0.25, 0.3) is 16.7 Å². The van der Waals surface area contributed by atoms with Gasteiger partial charge in [0.15, 0.2) is 0 Å². The minimum Gasteiger partial charge on any atom is -0.324 e. The summed E-state index contributed by atoms with van der Waals surface area (Å²) in [7, 11) is 0. The largest absolute Gasteiger partial charge is 0.324 e. The molecule has 7 nitrogen and oxygen atoms in total. The van der Waals surface area contributed by atoms with E-state index >= 15 is 0 Å². The first-order valence-corrected chi connectivity index (χ1v) is 11.3. The number of pyridine rings is 1. The Morgan fingerprint density at radius 1 is 1.03 bits per heavy atom. The van der Waals surface area contributed by atoms with Gasteiger partial charge in [0.25, 0.3) is 5.56 Å². The fourth-order valence-corrected chi connectivity index (χ4v) is 4.73. The third-order valence-electron chi connectivity index (χ3n) is 6.61. The maximum atomic E-state index is 12.8. The molecule has 1 aliphatic carbocycles. The summed E-state index contributed by atoms with van der Waals surface area (Å²) in [5.74, 6) is 1.92. The molecule has 164 valence electrons. The van der Waals surface area contributed by atoms with Gasteiger partial charge in [0.1, 0.15) is 5.65 Å². The lowest BCUT2D eigenvalue weighted by Crippen LogP contribution is -2.29. The summed E-state index contributed by atoms with van der Waals surface area (Å²) < 4.78 is 3.70. The molecule has 1 fully saturated rings. The van der Waals surface area contributed by atoms with Gasteiger partial charge < -0.3 is 5.32 Å².